The molecule has 31 heavy (non-hydrogen) atoms. The highest BCUT2D eigenvalue weighted by atomic mass is 127. The predicted octanol–water partition coefficient (Wildman–Crippen LogP) is 3.00. The lowest BCUT2D eigenvalue weighted by molar-refractivity contribution is 0.191. The Bertz CT molecular complexity index is 1080. The third kappa shape index (κ3) is 7.42. The van der Waals surface area contributed by atoms with E-state index in [4.69, 9.17) is 5.14 Å². The summed E-state index contributed by atoms with van der Waals surface area (Å²) in [6.07, 6.45) is 0.0253. The molecule has 0 saturated carbocycles. The van der Waals surface area contributed by atoms with Crippen LogP contribution in [0.5, 0.6) is 0 Å². The summed E-state index contributed by atoms with van der Waals surface area (Å²) >= 11 is 1.58. The fourth-order valence-electron chi connectivity index (χ4n) is 2.95. The molecule has 0 fully saturated rings. The molecule has 0 aliphatic heterocycles. The quantitative estimate of drug-likeness (QED) is 0.188. The minimum atomic E-state index is -3.68. The van der Waals surface area contributed by atoms with Crippen molar-refractivity contribution in [1.29, 1.82) is 0 Å². The second-order valence-electron chi connectivity index (χ2n) is 6.79. The Hall–Kier alpha value is -1.73. The van der Waals surface area contributed by atoms with E-state index in [2.05, 4.69) is 15.6 Å². The van der Waals surface area contributed by atoms with Crippen molar-refractivity contribution < 1.29 is 13.5 Å². The molecule has 1 aromatic heterocycles. The van der Waals surface area contributed by atoms with Gasteiger partial charge in [-0.15, -0.1) is 35.3 Å². The summed E-state index contributed by atoms with van der Waals surface area (Å²) < 4.78 is 23.8. The minimum Gasteiger partial charge on any atom is -0.386 e. The molecule has 1 atom stereocenters. The van der Waals surface area contributed by atoms with E-state index in [0.717, 1.165) is 20.5 Å². The Labute approximate surface area is 203 Å². The van der Waals surface area contributed by atoms with Gasteiger partial charge in [0.2, 0.25) is 10.0 Å². The molecule has 7 nitrogen and oxygen atoms in total. The zero-order chi connectivity index (χ0) is 21.6. The summed E-state index contributed by atoms with van der Waals surface area (Å²) in [6.45, 7) is 3.55. The molecule has 1 unspecified atom stereocenters. The number of aliphatic hydroxyl groups is 1. The first-order valence-corrected chi connectivity index (χ1v) is 12.0. The van der Waals surface area contributed by atoms with E-state index in [1.54, 1.807) is 23.5 Å². The summed E-state index contributed by atoms with van der Waals surface area (Å²) in [5.74, 6) is 0.624. The Balaban J connectivity index is 0.00000341. The Morgan fingerprint density at radius 1 is 1.16 bits per heavy atom. The molecule has 1 heterocycles. The number of aliphatic imine (C=N–C) groups is 1. The number of rotatable bonds is 8. The maximum atomic E-state index is 11.3. The Morgan fingerprint density at radius 3 is 2.52 bits per heavy atom. The summed E-state index contributed by atoms with van der Waals surface area (Å²) in [4.78, 5) is 5.49. The van der Waals surface area contributed by atoms with Crippen molar-refractivity contribution in [2.75, 3.05) is 19.6 Å². The molecule has 0 amide bonds. The third-order valence-corrected chi connectivity index (χ3v) is 6.64. The van der Waals surface area contributed by atoms with Gasteiger partial charge in [0, 0.05) is 22.7 Å². The predicted molar refractivity (Wildman–Crippen MR) is 138 cm³/mol. The van der Waals surface area contributed by atoms with Gasteiger partial charge in [0.15, 0.2) is 5.96 Å². The van der Waals surface area contributed by atoms with Crippen LogP contribution in [0.15, 0.2) is 64.5 Å². The number of nitrogens with one attached hydrogen (secondary N) is 2. The zero-order valence-electron chi connectivity index (χ0n) is 17.1. The van der Waals surface area contributed by atoms with E-state index in [9.17, 15) is 13.5 Å². The zero-order valence-corrected chi connectivity index (χ0v) is 21.1. The van der Waals surface area contributed by atoms with Crippen molar-refractivity contribution in [2.24, 2.45) is 10.1 Å². The van der Waals surface area contributed by atoms with E-state index in [0.29, 0.717) is 25.5 Å². The van der Waals surface area contributed by atoms with Crippen LogP contribution in [0.1, 0.15) is 23.5 Å². The molecule has 168 valence electrons. The van der Waals surface area contributed by atoms with E-state index in [1.807, 2.05) is 37.3 Å². The molecular formula is C21H27IN4O3S2. The second kappa shape index (κ2) is 11.8. The topological polar surface area (TPSA) is 117 Å². The van der Waals surface area contributed by atoms with Gasteiger partial charge in [-0.2, -0.15) is 0 Å². The molecule has 5 N–H and O–H groups in total. The molecule has 3 rings (SSSR count). The Morgan fingerprint density at radius 2 is 1.87 bits per heavy atom. The number of nitrogens with two attached hydrogens (primary N) is 1. The maximum absolute atomic E-state index is 11.3. The van der Waals surface area contributed by atoms with Gasteiger partial charge in [-0.1, -0.05) is 30.3 Å². The fraction of sp³-hybridized carbons (Fsp3) is 0.286. The monoisotopic (exact) mass is 574 g/mol. The number of benzene rings is 2. The van der Waals surface area contributed by atoms with Gasteiger partial charge in [0.25, 0.3) is 0 Å². The van der Waals surface area contributed by atoms with Crippen LogP contribution in [0.2, 0.25) is 0 Å². The first-order chi connectivity index (χ1) is 14.4. The number of hydrogen-bond donors (Lipinski definition) is 4. The molecule has 0 aliphatic rings. The van der Waals surface area contributed by atoms with Crippen molar-refractivity contribution in [1.82, 2.24) is 10.6 Å². The number of nitrogens with zero attached hydrogens (tertiary/aromatic N) is 1. The molecule has 3 aromatic rings. The van der Waals surface area contributed by atoms with Crippen LogP contribution in [-0.2, 0) is 16.4 Å². The molecule has 0 bridgehead atoms. The normalized spacial score (nSPS) is 12.9. The molecule has 0 spiro atoms. The van der Waals surface area contributed by atoms with Crippen molar-refractivity contribution in [2.45, 2.75) is 24.3 Å². The van der Waals surface area contributed by atoms with Crippen LogP contribution in [-0.4, -0.2) is 39.1 Å². The average Bonchev–Trinajstić information content (AvgIpc) is 3.16. The summed E-state index contributed by atoms with van der Waals surface area (Å²) in [7, 11) is -3.68. The van der Waals surface area contributed by atoms with Crippen molar-refractivity contribution in [3.63, 3.8) is 0 Å². The van der Waals surface area contributed by atoms with Crippen molar-refractivity contribution >= 4 is 61.4 Å². The fourth-order valence-corrected chi connectivity index (χ4v) is 4.50. The van der Waals surface area contributed by atoms with Crippen LogP contribution in [0.25, 0.3) is 10.1 Å². The molecule has 0 saturated heterocycles. The summed E-state index contributed by atoms with van der Waals surface area (Å²) in [6, 6.07) is 16.6. The maximum Gasteiger partial charge on any atom is 0.238 e. The van der Waals surface area contributed by atoms with Crippen molar-refractivity contribution in [3.8, 4) is 0 Å². The lowest BCUT2D eigenvalue weighted by atomic mass is 10.1. The van der Waals surface area contributed by atoms with E-state index in [1.165, 1.54) is 12.1 Å². The SMILES string of the molecule is CCNC(=NCC(O)c1cc2ccccc2s1)NCCc1ccc(S(N)(=O)=O)cc1.I. The second-order valence-corrected chi connectivity index (χ2v) is 9.46. The van der Waals surface area contributed by atoms with Crippen LogP contribution in [0, 0.1) is 0 Å². The van der Waals surface area contributed by atoms with Gasteiger partial charge in [0.1, 0.15) is 6.10 Å². The first-order valence-electron chi connectivity index (χ1n) is 9.67. The average molecular weight is 575 g/mol. The number of aliphatic hydroxyl groups excluding tert-OH is 1. The van der Waals surface area contributed by atoms with Crippen LogP contribution < -0.4 is 15.8 Å². The van der Waals surface area contributed by atoms with Gasteiger partial charge >= 0.3 is 0 Å². The molecule has 0 radical (unpaired) electrons. The van der Waals surface area contributed by atoms with Gasteiger partial charge < -0.3 is 15.7 Å². The first kappa shape index (κ1) is 25.5. The molecule has 10 heteroatoms. The van der Waals surface area contributed by atoms with E-state index >= 15 is 0 Å². The van der Waals surface area contributed by atoms with Gasteiger partial charge in [0.05, 0.1) is 11.4 Å². The van der Waals surface area contributed by atoms with Gasteiger partial charge in [-0.05, 0) is 48.6 Å². The lowest BCUT2D eigenvalue weighted by Gasteiger charge is -2.13. The van der Waals surface area contributed by atoms with Crippen LogP contribution in [0.3, 0.4) is 0 Å². The molecule has 2 aromatic carbocycles. The van der Waals surface area contributed by atoms with E-state index < -0.39 is 16.1 Å². The smallest absolute Gasteiger partial charge is 0.238 e. The number of halogens is 1. The minimum absolute atomic E-state index is 0. The highest BCUT2D eigenvalue weighted by molar-refractivity contribution is 14.0. The summed E-state index contributed by atoms with van der Waals surface area (Å²) in [5, 5.41) is 23.2. The van der Waals surface area contributed by atoms with Gasteiger partial charge in [-0.25, -0.2) is 13.6 Å². The largest absolute Gasteiger partial charge is 0.386 e. The highest BCUT2D eigenvalue weighted by Crippen LogP contribution is 2.29. The third-order valence-electron chi connectivity index (χ3n) is 4.50. The lowest BCUT2D eigenvalue weighted by Crippen LogP contribution is -2.38. The number of fused-ring (bicyclic) bond motifs is 1. The Kier molecular flexibility index (Phi) is 9.69. The standard InChI is InChI=1S/C21H26N4O3S2.HI/c1-2-23-21(24-12-11-15-7-9-17(10-8-15)30(22,27)28)25-14-18(26)20-13-16-5-3-4-6-19(16)29-20;/h3-10,13,18,26H,2,11-12,14H2,1H3,(H2,22,27,28)(H2,23,24,25);1H. The number of sulfonamides is 1. The number of guanidine groups is 1. The number of primary sulfonamides is 1. The molecule has 0 aliphatic carbocycles. The van der Waals surface area contributed by atoms with Gasteiger partial charge in [-0.3, -0.25) is 4.99 Å². The van der Waals surface area contributed by atoms with E-state index in [-0.39, 0.29) is 35.4 Å². The summed E-state index contributed by atoms with van der Waals surface area (Å²) in [5.41, 5.74) is 0.982. The van der Waals surface area contributed by atoms with Crippen molar-refractivity contribution in [3.05, 3.63) is 65.0 Å². The van der Waals surface area contributed by atoms with Crippen LogP contribution >= 0.6 is 35.3 Å². The molecular weight excluding hydrogens is 547 g/mol. The highest BCUT2D eigenvalue weighted by Gasteiger charge is 2.11. The number of hydrogen-bond acceptors (Lipinski definition) is 5. The number of thiophene rings is 1. The van der Waals surface area contributed by atoms with Crippen LogP contribution in [0.4, 0.5) is 0 Å².